The van der Waals surface area contributed by atoms with Gasteiger partial charge in [-0.3, -0.25) is 0 Å². The van der Waals surface area contributed by atoms with Gasteiger partial charge in [-0.2, -0.15) is 0 Å². The van der Waals surface area contributed by atoms with Gasteiger partial charge in [0.15, 0.2) is 0 Å². The number of rotatable bonds is 4. The average molecular weight is 671 g/mol. The fourth-order valence-electron chi connectivity index (χ4n) is 6.89. The number of para-hydroxylation sites is 4. The van der Waals surface area contributed by atoms with Crippen molar-refractivity contribution in [2.45, 2.75) is 0 Å². The van der Waals surface area contributed by atoms with Gasteiger partial charge in [0, 0.05) is 49.4 Å². The lowest BCUT2D eigenvalue weighted by molar-refractivity contribution is 1.16. The summed E-state index contributed by atoms with van der Waals surface area (Å²) in [6, 6.07) is 2.91. The van der Waals surface area contributed by atoms with Crippen molar-refractivity contribution in [2.24, 2.45) is 0 Å². The van der Waals surface area contributed by atoms with Crippen molar-refractivity contribution in [3.05, 3.63) is 188 Å². The van der Waals surface area contributed by atoms with Crippen molar-refractivity contribution in [2.75, 3.05) is 0 Å². The van der Waals surface area contributed by atoms with E-state index in [0.717, 1.165) is 20.3 Å². The number of aromatic nitrogens is 3. The first-order chi connectivity index (χ1) is 34.1. The Bertz CT molecular complexity index is 4250. The Morgan fingerprint density at radius 3 is 1.31 bits per heavy atom. The van der Waals surface area contributed by atoms with Gasteiger partial charge in [0.25, 0.3) is 0 Å². The first-order valence-electron chi connectivity index (χ1n) is 26.3. The molecule has 0 saturated carbocycles. The Morgan fingerprint density at radius 1 is 0.314 bits per heavy atom. The van der Waals surface area contributed by atoms with E-state index in [1.807, 2.05) is 30.3 Å². The molecular weight excluding hydrogens is 619 g/mol. The molecule has 0 radical (unpaired) electrons. The van der Waals surface area contributed by atoms with E-state index in [2.05, 4.69) is 0 Å². The molecule has 0 spiro atoms. The van der Waals surface area contributed by atoms with Gasteiger partial charge < -0.3 is 13.7 Å². The number of nitrogens with zero attached hydrogens (tertiary/aromatic N) is 3. The summed E-state index contributed by atoms with van der Waals surface area (Å²) in [6.07, 6.45) is 0. The smallest absolute Gasteiger partial charge is 0.0652 e. The lowest BCUT2D eigenvalue weighted by Gasteiger charge is -2.12. The molecule has 11 rings (SSSR count). The van der Waals surface area contributed by atoms with Gasteiger partial charge in [0.1, 0.15) is 0 Å². The van der Waals surface area contributed by atoms with Gasteiger partial charge in [0.05, 0.1) is 61.9 Å². The predicted octanol–water partition coefficient (Wildman–Crippen LogP) is 12.6. The van der Waals surface area contributed by atoms with Crippen LogP contribution in [-0.4, -0.2) is 13.7 Å². The molecule has 8 aromatic carbocycles. The zero-order valence-corrected chi connectivity index (χ0v) is 26.1. The molecule has 3 heterocycles. The molecule has 0 saturated heterocycles. The third-order valence-electron chi connectivity index (χ3n) is 9.10. The van der Waals surface area contributed by atoms with Crippen LogP contribution in [0.3, 0.4) is 0 Å². The van der Waals surface area contributed by atoms with Crippen molar-refractivity contribution in [1.29, 1.82) is 0 Å². The van der Waals surface area contributed by atoms with Gasteiger partial charge in [-0.15, -0.1) is 0 Å². The summed E-state index contributed by atoms with van der Waals surface area (Å²) in [5.41, 5.74) is -0.858. The molecule has 0 aliphatic heterocycles. The highest BCUT2D eigenvalue weighted by molar-refractivity contribution is 6.13. The van der Waals surface area contributed by atoms with Gasteiger partial charge in [0.2, 0.25) is 0 Å². The Morgan fingerprint density at radius 2 is 0.725 bits per heavy atom. The van der Waals surface area contributed by atoms with E-state index in [4.69, 9.17) is 17.8 Å². The fraction of sp³-hybridized carbons (Fsp3) is 0. The highest BCUT2D eigenvalue weighted by Gasteiger charge is 2.18. The van der Waals surface area contributed by atoms with Crippen molar-refractivity contribution in [1.82, 2.24) is 13.7 Å². The van der Waals surface area contributed by atoms with E-state index in [-0.39, 0.29) is 54.4 Å². The monoisotopic (exact) mass is 670 g/mol. The quantitative estimate of drug-likeness (QED) is 0.177. The topological polar surface area (TPSA) is 14.8 Å². The van der Waals surface area contributed by atoms with Crippen LogP contribution in [0.4, 0.5) is 0 Å². The third kappa shape index (κ3) is 4.12. The number of benzene rings is 8. The molecule has 0 unspecified atom stereocenters. The second kappa shape index (κ2) is 10.8. The Labute approximate surface area is 324 Å². The summed E-state index contributed by atoms with van der Waals surface area (Å²) in [5, 5.41) is -1.63. The maximum absolute atomic E-state index is 10.0. The fourth-order valence-corrected chi connectivity index (χ4v) is 6.89. The van der Waals surface area contributed by atoms with Crippen molar-refractivity contribution in [3.8, 4) is 28.2 Å². The lowest BCUT2D eigenvalue weighted by Crippen LogP contribution is -1.96. The zero-order valence-electron chi connectivity index (χ0n) is 47.1. The van der Waals surface area contributed by atoms with Crippen LogP contribution < -0.4 is 0 Å². The summed E-state index contributed by atoms with van der Waals surface area (Å²) in [7, 11) is 0. The van der Waals surface area contributed by atoms with Gasteiger partial charge in [-0.05, 0) is 83.7 Å². The van der Waals surface area contributed by atoms with Crippen LogP contribution in [0.15, 0.2) is 188 Å². The van der Waals surface area contributed by atoms with Crippen LogP contribution in [0.1, 0.15) is 28.8 Å². The van der Waals surface area contributed by atoms with Crippen LogP contribution in [0.2, 0.25) is 0 Å². The summed E-state index contributed by atoms with van der Waals surface area (Å²) in [5.74, 6) is 0. The molecule has 0 amide bonds. The number of hydrogen-bond donors (Lipinski definition) is 0. The molecule has 0 aliphatic rings. The van der Waals surface area contributed by atoms with E-state index in [0.29, 0.717) is 5.69 Å². The van der Waals surface area contributed by atoms with Crippen LogP contribution in [0.25, 0.3) is 93.6 Å². The summed E-state index contributed by atoms with van der Waals surface area (Å²) in [6.45, 7) is 0. The van der Waals surface area contributed by atoms with Gasteiger partial charge in [-0.25, -0.2) is 0 Å². The molecule has 3 aromatic heterocycles. The minimum Gasteiger partial charge on any atom is -0.309 e. The van der Waals surface area contributed by atoms with Crippen LogP contribution in [-0.2, 0) is 0 Å². The first kappa shape index (κ1) is 14.6. The van der Waals surface area contributed by atoms with E-state index in [9.17, 15) is 11.0 Å². The molecule has 0 N–H and O–H groups in total. The van der Waals surface area contributed by atoms with E-state index < -0.39 is 149 Å². The molecule has 3 nitrogen and oxygen atoms in total. The summed E-state index contributed by atoms with van der Waals surface area (Å²) in [4.78, 5) is 0. The highest BCUT2D eigenvalue weighted by atomic mass is 15.0. The molecule has 0 atom stereocenters. The van der Waals surface area contributed by atoms with Crippen LogP contribution >= 0.6 is 0 Å². The van der Waals surface area contributed by atoms with Crippen molar-refractivity contribution < 1.29 is 28.8 Å². The number of hydrogen-bond acceptors (Lipinski definition) is 0. The van der Waals surface area contributed by atoms with Gasteiger partial charge in [-0.1, -0.05) is 115 Å². The number of fused-ring (bicyclic) bond motifs is 9. The normalized spacial score (nSPS) is 17.7. The summed E-state index contributed by atoms with van der Waals surface area (Å²) < 4.78 is 194. The minimum absolute atomic E-state index is 0.132. The molecule has 11 aromatic rings. The maximum atomic E-state index is 10.0. The Hall–Kier alpha value is -6.84. The van der Waals surface area contributed by atoms with Gasteiger partial charge >= 0.3 is 0 Å². The third-order valence-corrected chi connectivity index (χ3v) is 9.10. The van der Waals surface area contributed by atoms with Crippen molar-refractivity contribution >= 4 is 65.4 Å². The molecule has 0 aliphatic carbocycles. The zero-order chi connectivity index (χ0) is 51.7. The second-order valence-electron chi connectivity index (χ2n) is 11.8. The highest BCUT2D eigenvalue weighted by Crippen LogP contribution is 2.39. The van der Waals surface area contributed by atoms with Crippen LogP contribution in [0.5, 0.6) is 0 Å². The molecular formula is C48H31N3. The maximum Gasteiger partial charge on any atom is 0.0652 e. The molecule has 238 valence electrons. The van der Waals surface area contributed by atoms with Crippen molar-refractivity contribution in [3.63, 3.8) is 0 Å². The molecule has 3 heteroatoms. The largest absolute Gasteiger partial charge is 0.309 e. The average Bonchev–Trinajstić information content (AvgIpc) is 4.04. The van der Waals surface area contributed by atoms with E-state index in [1.54, 1.807) is 24.3 Å². The standard InChI is InChI=1S/C48H31N3/c1-2-12-32(13-3-1)33-22-24-34(25-23-33)49-45-20-10-6-16-39(45)41-31-36(26-28-47(41)49)51-46-21-11-7-17-40(46)42-30-35(27-29-48(42)51)50-43-18-8-4-14-37(43)38-15-5-9-19-44(38)50/h1-31H/i4D,5D,6D,7D,8D,9D,10D,11D,14D,15D,16D,17D,18D,19D,20D,21D,26D,27D,28D,29D,31D. The molecule has 0 bridgehead atoms. The summed E-state index contributed by atoms with van der Waals surface area (Å²) >= 11 is 0. The Balaban J connectivity index is 1.32. The van der Waals surface area contributed by atoms with E-state index in [1.165, 1.54) is 10.6 Å². The molecule has 51 heavy (non-hydrogen) atoms. The molecule has 0 fully saturated rings. The van der Waals surface area contributed by atoms with E-state index >= 15 is 0 Å². The second-order valence-corrected chi connectivity index (χ2v) is 11.8. The Kier molecular flexibility index (Phi) is 3.09. The predicted molar refractivity (Wildman–Crippen MR) is 215 cm³/mol. The SMILES string of the molecule is [2H]c1c([2H])c([2H])c2c(c1[2H])c1cc(-n3c4c([2H])c([2H])c([2H])c([2H])c4c4c([2H])c([2H])c([2H])c([2H])c43)c([2H])c([2H])c1n2-c1c([2H])c([2H])c2c(c1[2H])c1c([2H])c([2H])c([2H])c([2H])c1n2-c1ccc(-c2ccccc2)cc1. The minimum atomic E-state index is -0.779. The first-order valence-corrected chi connectivity index (χ1v) is 15.8. The van der Waals surface area contributed by atoms with Crippen LogP contribution in [0, 0.1) is 0 Å². The lowest BCUT2D eigenvalue weighted by atomic mass is 10.1.